The van der Waals surface area contributed by atoms with Crippen LogP contribution in [0.4, 0.5) is 0 Å². The van der Waals surface area contributed by atoms with Crippen LogP contribution in [0.25, 0.3) is 11.1 Å². The monoisotopic (exact) mass is 252 g/mol. The van der Waals surface area contributed by atoms with E-state index < -0.39 is 0 Å². The summed E-state index contributed by atoms with van der Waals surface area (Å²) in [6, 6.07) is 13.4. The Balaban J connectivity index is 2.17. The highest BCUT2D eigenvalue weighted by Gasteiger charge is 2.25. The van der Waals surface area contributed by atoms with Crippen molar-refractivity contribution < 1.29 is 4.79 Å². The Bertz CT molecular complexity index is 705. The molecule has 0 aromatic heterocycles. The standard InChI is InChI=1S/C16H9ClO/c17-9-3-4-11-7-8-13-12-5-1-2-6-14(12)16(18)15(13)10-11/h1-2,5-8,10H,9H2. The Kier molecular flexibility index (Phi) is 2.66. The first-order valence-corrected chi connectivity index (χ1v) is 6.17. The largest absolute Gasteiger partial charge is 0.289 e. The third kappa shape index (κ3) is 1.63. The molecular weight excluding hydrogens is 244 g/mol. The lowest BCUT2D eigenvalue weighted by Crippen LogP contribution is -1.95. The molecule has 0 N–H and O–H groups in total. The zero-order chi connectivity index (χ0) is 12.5. The number of carbonyl (C=O) groups excluding carboxylic acids is 1. The van der Waals surface area contributed by atoms with Crippen molar-refractivity contribution >= 4 is 17.4 Å². The average molecular weight is 253 g/mol. The van der Waals surface area contributed by atoms with E-state index in [1.54, 1.807) is 0 Å². The molecule has 0 aliphatic heterocycles. The molecule has 1 aliphatic carbocycles. The molecule has 18 heavy (non-hydrogen) atoms. The van der Waals surface area contributed by atoms with Gasteiger partial charge in [0.05, 0.1) is 5.88 Å². The molecule has 0 unspecified atom stereocenters. The summed E-state index contributed by atoms with van der Waals surface area (Å²) in [5, 5.41) is 0. The molecule has 1 aliphatic rings. The van der Waals surface area contributed by atoms with Gasteiger partial charge < -0.3 is 0 Å². The number of alkyl halides is 1. The average Bonchev–Trinajstić information content (AvgIpc) is 2.71. The van der Waals surface area contributed by atoms with Gasteiger partial charge in [-0.05, 0) is 23.3 Å². The molecule has 2 aromatic carbocycles. The summed E-state index contributed by atoms with van der Waals surface area (Å²) in [5.74, 6) is 6.11. The van der Waals surface area contributed by atoms with Crippen LogP contribution in [0.15, 0.2) is 42.5 Å². The molecule has 86 valence electrons. The van der Waals surface area contributed by atoms with Crippen LogP contribution in [0.5, 0.6) is 0 Å². The normalized spacial score (nSPS) is 11.5. The number of hydrogen-bond acceptors (Lipinski definition) is 1. The van der Waals surface area contributed by atoms with Crippen LogP contribution in [-0.4, -0.2) is 11.7 Å². The van der Waals surface area contributed by atoms with Gasteiger partial charge in [0, 0.05) is 16.7 Å². The Morgan fingerprint density at radius 1 is 0.944 bits per heavy atom. The maximum Gasteiger partial charge on any atom is 0.194 e. The number of halogens is 1. The minimum Gasteiger partial charge on any atom is -0.289 e. The van der Waals surface area contributed by atoms with E-state index in [0.29, 0.717) is 5.88 Å². The van der Waals surface area contributed by atoms with E-state index in [2.05, 4.69) is 11.8 Å². The van der Waals surface area contributed by atoms with E-state index >= 15 is 0 Å². The fraction of sp³-hybridized carbons (Fsp3) is 0.0625. The van der Waals surface area contributed by atoms with Crippen molar-refractivity contribution in [1.29, 1.82) is 0 Å². The summed E-state index contributed by atoms with van der Waals surface area (Å²) in [6.45, 7) is 0. The number of benzene rings is 2. The van der Waals surface area contributed by atoms with Gasteiger partial charge in [-0.2, -0.15) is 0 Å². The van der Waals surface area contributed by atoms with Gasteiger partial charge in [0.1, 0.15) is 0 Å². The third-order valence-corrected chi connectivity index (χ3v) is 3.16. The van der Waals surface area contributed by atoms with Gasteiger partial charge in [0.2, 0.25) is 0 Å². The van der Waals surface area contributed by atoms with Gasteiger partial charge in [-0.1, -0.05) is 42.2 Å². The summed E-state index contributed by atoms with van der Waals surface area (Å²) in [5.41, 5.74) is 4.34. The number of carbonyl (C=O) groups is 1. The number of ketones is 1. The molecular formula is C16H9ClO. The second-order valence-electron chi connectivity index (χ2n) is 4.07. The predicted octanol–water partition coefficient (Wildman–Crippen LogP) is 3.49. The lowest BCUT2D eigenvalue weighted by Gasteiger charge is -1.99. The fourth-order valence-electron chi connectivity index (χ4n) is 2.24. The zero-order valence-corrected chi connectivity index (χ0v) is 10.3. The molecule has 0 fully saturated rings. The summed E-state index contributed by atoms with van der Waals surface area (Å²) in [4.78, 5) is 12.2. The van der Waals surface area contributed by atoms with E-state index in [1.165, 1.54) is 0 Å². The molecule has 0 atom stereocenters. The minimum atomic E-state index is 0.0788. The van der Waals surface area contributed by atoms with Crippen LogP contribution in [0, 0.1) is 11.8 Å². The zero-order valence-electron chi connectivity index (χ0n) is 9.53. The predicted molar refractivity (Wildman–Crippen MR) is 72.9 cm³/mol. The molecule has 2 aromatic rings. The highest BCUT2D eigenvalue weighted by Crippen LogP contribution is 2.36. The van der Waals surface area contributed by atoms with Gasteiger partial charge in [0.15, 0.2) is 5.78 Å². The first-order valence-electron chi connectivity index (χ1n) is 5.64. The molecule has 3 rings (SSSR count). The van der Waals surface area contributed by atoms with E-state index in [9.17, 15) is 4.79 Å². The SMILES string of the molecule is O=C1c2ccccc2-c2ccc(C#CCCl)cc21. The molecule has 0 saturated heterocycles. The second-order valence-corrected chi connectivity index (χ2v) is 4.34. The van der Waals surface area contributed by atoms with Crippen molar-refractivity contribution in [1.82, 2.24) is 0 Å². The smallest absolute Gasteiger partial charge is 0.194 e. The van der Waals surface area contributed by atoms with Gasteiger partial charge in [0.25, 0.3) is 0 Å². The van der Waals surface area contributed by atoms with Crippen LogP contribution in [0.3, 0.4) is 0 Å². The number of fused-ring (bicyclic) bond motifs is 3. The maximum absolute atomic E-state index is 12.2. The molecule has 2 heteroatoms. The highest BCUT2D eigenvalue weighted by molar-refractivity contribution is 6.21. The Morgan fingerprint density at radius 3 is 2.44 bits per heavy atom. The van der Waals surface area contributed by atoms with Gasteiger partial charge in [-0.15, -0.1) is 11.6 Å². The van der Waals surface area contributed by atoms with Crippen LogP contribution >= 0.6 is 11.6 Å². The molecule has 0 heterocycles. The number of rotatable bonds is 0. The topological polar surface area (TPSA) is 17.1 Å². The van der Waals surface area contributed by atoms with Crippen LogP contribution in [0.2, 0.25) is 0 Å². The van der Waals surface area contributed by atoms with Crippen LogP contribution in [0.1, 0.15) is 21.5 Å². The van der Waals surface area contributed by atoms with Crippen LogP contribution < -0.4 is 0 Å². The van der Waals surface area contributed by atoms with E-state index in [4.69, 9.17) is 11.6 Å². The van der Waals surface area contributed by atoms with Crippen molar-refractivity contribution in [3.05, 3.63) is 59.2 Å². The van der Waals surface area contributed by atoms with Crippen molar-refractivity contribution in [2.24, 2.45) is 0 Å². The van der Waals surface area contributed by atoms with Crippen molar-refractivity contribution in [3.8, 4) is 23.0 Å². The van der Waals surface area contributed by atoms with E-state index in [-0.39, 0.29) is 5.78 Å². The summed E-state index contributed by atoms with van der Waals surface area (Å²) >= 11 is 5.53. The van der Waals surface area contributed by atoms with Gasteiger partial charge in [-0.25, -0.2) is 0 Å². The van der Waals surface area contributed by atoms with Crippen LogP contribution in [-0.2, 0) is 0 Å². The van der Waals surface area contributed by atoms with Gasteiger partial charge in [-0.3, -0.25) is 4.79 Å². The van der Waals surface area contributed by atoms with E-state index in [0.717, 1.165) is 27.8 Å². The molecule has 0 spiro atoms. The van der Waals surface area contributed by atoms with E-state index in [1.807, 2.05) is 42.5 Å². The Morgan fingerprint density at radius 2 is 1.67 bits per heavy atom. The van der Waals surface area contributed by atoms with Crippen molar-refractivity contribution in [3.63, 3.8) is 0 Å². The first kappa shape index (κ1) is 11.1. The first-order chi connectivity index (χ1) is 8.81. The molecule has 0 saturated carbocycles. The quantitative estimate of drug-likeness (QED) is 0.442. The lowest BCUT2D eigenvalue weighted by molar-refractivity contribution is 0.104. The molecule has 0 bridgehead atoms. The third-order valence-electron chi connectivity index (χ3n) is 3.03. The number of hydrogen-bond donors (Lipinski definition) is 0. The van der Waals surface area contributed by atoms with Crippen molar-refractivity contribution in [2.75, 3.05) is 5.88 Å². The van der Waals surface area contributed by atoms with Gasteiger partial charge >= 0.3 is 0 Å². The summed E-state index contributed by atoms with van der Waals surface area (Å²) in [6.07, 6.45) is 0. The molecule has 0 amide bonds. The Hall–Kier alpha value is -2.04. The minimum absolute atomic E-state index is 0.0788. The summed E-state index contributed by atoms with van der Waals surface area (Å²) < 4.78 is 0. The fourth-order valence-corrected chi connectivity index (χ4v) is 2.31. The summed E-state index contributed by atoms with van der Waals surface area (Å²) in [7, 11) is 0. The lowest BCUT2D eigenvalue weighted by atomic mass is 10.0. The van der Waals surface area contributed by atoms with Crippen molar-refractivity contribution in [2.45, 2.75) is 0 Å². The molecule has 0 radical (unpaired) electrons. The Labute approximate surface area is 110 Å². The highest BCUT2D eigenvalue weighted by atomic mass is 35.5. The molecule has 1 nitrogen and oxygen atoms in total. The maximum atomic E-state index is 12.2. The second kappa shape index (κ2) is 4.33.